The van der Waals surface area contributed by atoms with Gasteiger partial charge in [-0.3, -0.25) is 0 Å². The van der Waals surface area contributed by atoms with Gasteiger partial charge in [0.05, 0.1) is 12.7 Å². The highest BCUT2D eigenvalue weighted by Gasteiger charge is 2.33. The predicted molar refractivity (Wildman–Crippen MR) is 72.2 cm³/mol. The van der Waals surface area contributed by atoms with Gasteiger partial charge in [0.15, 0.2) is 0 Å². The largest absolute Gasteiger partial charge is 0.384 e. The minimum Gasteiger partial charge on any atom is -0.384 e. The SMILES string of the molecule is CCC(C)C(COC)C(OC)C1CCCCC1. The minimum atomic E-state index is 0.394. The lowest BCUT2D eigenvalue weighted by molar-refractivity contribution is -0.0502. The van der Waals surface area contributed by atoms with Crippen LogP contribution in [-0.4, -0.2) is 26.9 Å². The molecule has 0 radical (unpaired) electrons. The van der Waals surface area contributed by atoms with Crippen LogP contribution in [0.1, 0.15) is 52.4 Å². The number of rotatable bonds is 7. The maximum absolute atomic E-state index is 5.85. The second kappa shape index (κ2) is 8.10. The van der Waals surface area contributed by atoms with E-state index < -0.39 is 0 Å². The molecular weight excluding hydrogens is 212 g/mol. The van der Waals surface area contributed by atoms with E-state index in [2.05, 4.69) is 13.8 Å². The third-order valence-electron chi connectivity index (χ3n) is 4.54. The van der Waals surface area contributed by atoms with Crippen LogP contribution in [0.5, 0.6) is 0 Å². The molecule has 2 nitrogen and oxygen atoms in total. The molecule has 0 aromatic rings. The lowest BCUT2D eigenvalue weighted by Gasteiger charge is -2.37. The van der Waals surface area contributed by atoms with Crippen LogP contribution in [0, 0.1) is 17.8 Å². The van der Waals surface area contributed by atoms with Crippen LogP contribution < -0.4 is 0 Å². The Hall–Kier alpha value is -0.0800. The highest BCUT2D eigenvalue weighted by atomic mass is 16.5. The van der Waals surface area contributed by atoms with Crippen molar-refractivity contribution in [3.63, 3.8) is 0 Å². The van der Waals surface area contributed by atoms with E-state index in [9.17, 15) is 0 Å². The summed E-state index contributed by atoms with van der Waals surface area (Å²) in [6, 6.07) is 0. The average Bonchev–Trinajstić information content (AvgIpc) is 2.39. The summed E-state index contributed by atoms with van der Waals surface area (Å²) in [7, 11) is 3.69. The molecule has 102 valence electrons. The molecule has 3 atom stereocenters. The van der Waals surface area contributed by atoms with E-state index in [4.69, 9.17) is 9.47 Å². The van der Waals surface area contributed by atoms with Crippen molar-refractivity contribution in [1.29, 1.82) is 0 Å². The summed E-state index contributed by atoms with van der Waals surface area (Å²) < 4.78 is 11.3. The average molecular weight is 242 g/mol. The van der Waals surface area contributed by atoms with Crippen molar-refractivity contribution in [2.24, 2.45) is 17.8 Å². The summed E-state index contributed by atoms with van der Waals surface area (Å²) >= 11 is 0. The number of ether oxygens (including phenoxy) is 2. The Morgan fingerprint density at radius 2 is 1.76 bits per heavy atom. The van der Waals surface area contributed by atoms with Gasteiger partial charge in [-0.05, 0) is 24.7 Å². The summed E-state index contributed by atoms with van der Waals surface area (Å²) in [5.41, 5.74) is 0. The van der Waals surface area contributed by atoms with Gasteiger partial charge in [0.25, 0.3) is 0 Å². The fourth-order valence-corrected chi connectivity index (χ4v) is 3.26. The number of hydrogen-bond acceptors (Lipinski definition) is 2. The van der Waals surface area contributed by atoms with Gasteiger partial charge in [0.2, 0.25) is 0 Å². The standard InChI is InChI=1S/C15H30O2/c1-5-12(2)14(11-16-3)15(17-4)13-9-7-6-8-10-13/h12-15H,5-11H2,1-4H3. The second-order valence-electron chi connectivity index (χ2n) is 5.60. The van der Waals surface area contributed by atoms with Crippen molar-refractivity contribution in [2.75, 3.05) is 20.8 Å². The fourth-order valence-electron chi connectivity index (χ4n) is 3.26. The van der Waals surface area contributed by atoms with Crippen molar-refractivity contribution in [3.8, 4) is 0 Å². The molecule has 0 aromatic heterocycles. The molecular formula is C15H30O2. The van der Waals surface area contributed by atoms with E-state index in [0.717, 1.165) is 12.5 Å². The Labute approximate surface area is 107 Å². The van der Waals surface area contributed by atoms with Gasteiger partial charge >= 0.3 is 0 Å². The van der Waals surface area contributed by atoms with Crippen molar-refractivity contribution in [2.45, 2.75) is 58.5 Å². The Balaban J connectivity index is 2.65. The third kappa shape index (κ3) is 4.26. The first-order valence-electron chi connectivity index (χ1n) is 7.26. The monoisotopic (exact) mass is 242 g/mol. The quantitative estimate of drug-likeness (QED) is 0.674. The van der Waals surface area contributed by atoms with Crippen LogP contribution in [0.2, 0.25) is 0 Å². The molecule has 0 aliphatic heterocycles. The summed E-state index contributed by atoms with van der Waals surface area (Å²) in [5.74, 6) is 1.99. The van der Waals surface area contributed by atoms with Gasteiger partial charge in [0.1, 0.15) is 0 Å². The third-order valence-corrected chi connectivity index (χ3v) is 4.54. The maximum Gasteiger partial charge on any atom is 0.0652 e. The molecule has 0 saturated heterocycles. The molecule has 0 heterocycles. The minimum absolute atomic E-state index is 0.394. The lowest BCUT2D eigenvalue weighted by atomic mass is 9.76. The first-order valence-corrected chi connectivity index (χ1v) is 7.26. The highest BCUT2D eigenvalue weighted by Crippen LogP contribution is 2.34. The zero-order chi connectivity index (χ0) is 12.7. The molecule has 3 unspecified atom stereocenters. The van der Waals surface area contributed by atoms with E-state index in [1.54, 1.807) is 0 Å². The van der Waals surface area contributed by atoms with Gasteiger partial charge in [-0.15, -0.1) is 0 Å². The van der Waals surface area contributed by atoms with Crippen LogP contribution in [-0.2, 0) is 9.47 Å². The first kappa shape index (κ1) is 15.0. The van der Waals surface area contributed by atoms with Crippen LogP contribution >= 0.6 is 0 Å². The van der Waals surface area contributed by atoms with E-state index >= 15 is 0 Å². The summed E-state index contributed by atoms with van der Waals surface area (Å²) in [4.78, 5) is 0. The Morgan fingerprint density at radius 1 is 1.12 bits per heavy atom. The van der Waals surface area contributed by atoms with Crippen molar-refractivity contribution in [3.05, 3.63) is 0 Å². The smallest absolute Gasteiger partial charge is 0.0652 e. The highest BCUT2D eigenvalue weighted by molar-refractivity contribution is 4.82. The molecule has 0 amide bonds. The molecule has 0 bridgehead atoms. The topological polar surface area (TPSA) is 18.5 Å². The molecule has 1 aliphatic carbocycles. The van der Waals surface area contributed by atoms with Crippen molar-refractivity contribution >= 4 is 0 Å². The zero-order valence-electron chi connectivity index (χ0n) is 12.1. The van der Waals surface area contributed by atoms with Gasteiger partial charge in [0, 0.05) is 20.1 Å². The molecule has 1 fully saturated rings. The summed E-state index contributed by atoms with van der Waals surface area (Å²) in [5, 5.41) is 0. The molecule has 17 heavy (non-hydrogen) atoms. The number of hydrogen-bond donors (Lipinski definition) is 0. The van der Waals surface area contributed by atoms with Gasteiger partial charge in [-0.2, -0.15) is 0 Å². The lowest BCUT2D eigenvalue weighted by Crippen LogP contribution is -2.38. The van der Waals surface area contributed by atoms with Crippen molar-refractivity contribution in [1.82, 2.24) is 0 Å². The van der Waals surface area contributed by atoms with Crippen LogP contribution in [0.15, 0.2) is 0 Å². The fraction of sp³-hybridized carbons (Fsp3) is 1.00. The molecule has 0 N–H and O–H groups in total. The first-order chi connectivity index (χ1) is 8.24. The Morgan fingerprint density at radius 3 is 2.24 bits per heavy atom. The van der Waals surface area contributed by atoms with Gasteiger partial charge < -0.3 is 9.47 Å². The molecule has 0 aromatic carbocycles. The molecule has 2 heteroatoms. The van der Waals surface area contributed by atoms with E-state index in [0.29, 0.717) is 17.9 Å². The Bertz CT molecular complexity index is 187. The normalized spacial score (nSPS) is 23.3. The molecule has 0 spiro atoms. The van der Waals surface area contributed by atoms with Crippen LogP contribution in [0.4, 0.5) is 0 Å². The van der Waals surface area contributed by atoms with Crippen molar-refractivity contribution < 1.29 is 9.47 Å². The maximum atomic E-state index is 5.85. The van der Waals surface area contributed by atoms with Gasteiger partial charge in [-0.1, -0.05) is 39.5 Å². The van der Waals surface area contributed by atoms with E-state index in [-0.39, 0.29) is 0 Å². The molecule has 1 saturated carbocycles. The zero-order valence-corrected chi connectivity index (χ0v) is 12.1. The predicted octanol–water partition coefficient (Wildman–Crippen LogP) is 3.89. The number of methoxy groups -OCH3 is 2. The Kier molecular flexibility index (Phi) is 7.14. The molecule has 1 aliphatic rings. The van der Waals surface area contributed by atoms with Crippen LogP contribution in [0.25, 0.3) is 0 Å². The summed E-state index contributed by atoms with van der Waals surface area (Å²) in [6.45, 7) is 5.43. The second-order valence-corrected chi connectivity index (χ2v) is 5.60. The summed E-state index contributed by atoms with van der Waals surface area (Å²) in [6.07, 6.45) is 8.45. The van der Waals surface area contributed by atoms with Crippen LogP contribution in [0.3, 0.4) is 0 Å². The molecule has 1 rings (SSSR count). The van der Waals surface area contributed by atoms with Gasteiger partial charge in [-0.25, -0.2) is 0 Å². The van der Waals surface area contributed by atoms with E-state index in [1.807, 2.05) is 14.2 Å². The van der Waals surface area contributed by atoms with E-state index in [1.165, 1.54) is 38.5 Å².